The number of nitrogens with two attached hydrogens (primary N) is 1. The summed E-state index contributed by atoms with van der Waals surface area (Å²) in [6, 6.07) is 8.45. The van der Waals surface area contributed by atoms with Crippen molar-refractivity contribution < 1.29 is 9.13 Å². The van der Waals surface area contributed by atoms with Crippen LogP contribution in [0.5, 0.6) is 5.75 Å². The van der Waals surface area contributed by atoms with E-state index in [-0.39, 0.29) is 11.6 Å². The number of nitrogens with one attached hydrogen (secondary N) is 2. The molecule has 2 bridgehead atoms. The number of hydrogen-bond acceptors (Lipinski definition) is 6. The highest BCUT2D eigenvalue weighted by molar-refractivity contribution is 5.89. The quantitative estimate of drug-likeness (QED) is 0.517. The van der Waals surface area contributed by atoms with Crippen molar-refractivity contribution in [3.05, 3.63) is 70.4 Å². The van der Waals surface area contributed by atoms with E-state index in [1.54, 1.807) is 12.3 Å². The van der Waals surface area contributed by atoms with Gasteiger partial charge < -0.3 is 21.2 Å². The van der Waals surface area contributed by atoms with Crippen molar-refractivity contribution in [2.75, 3.05) is 12.3 Å². The number of fused-ring (bicyclic) bond motifs is 5. The number of hydrogen-bond donors (Lipinski definition) is 3. The molecule has 1 aliphatic heterocycles. The van der Waals surface area contributed by atoms with Crippen molar-refractivity contribution in [2.45, 2.75) is 39.2 Å². The van der Waals surface area contributed by atoms with Crippen LogP contribution in [-0.2, 0) is 6.42 Å². The predicted octanol–water partition coefficient (Wildman–Crippen LogP) is 4.35. The fourth-order valence-electron chi connectivity index (χ4n) is 4.25. The minimum absolute atomic E-state index is 0.259. The molecule has 4 N–H and O–H groups in total. The summed E-state index contributed by atoms with van der Waals surface area (Å²) in [4.78, 5) is 4.36. The van der Waals surface area contributed by atoms with E-state index in [1.807, 2.05) is 30.7 Å². The molecule has 1 fully saturated rings. The van der Waals surface area contributed by atoms with Gasteiger partial charge in [0, 0.05) is 47.9 Å². The molecule has 0 radical (unpaired) electrons. The Kier molecular flexibility index (Phi) is 5.36. The Morgan fingerprint density at radius 1 is 1.30 bits per heavy atom. The molecular formula is C25H27FN6O. The van der Waals surface area contributed by atoms with Gasteiger partial charge in [0.15, 0.2) is 11.6 Å². The molecule has 0 spiro atoms. The molecule has 2 aromatic heterocycles. The molecule has 1 saturated carbocycles. The first-order chi connectivity index (χ1) is 15.9. The van der Waals surface area contributed by atoms with Gasteiger partial charge in [-0.1, -0.05) is 0 Å². The third-order valence-corrected chi connectivity index (χ3v) is 6.17. The first-order valence-electron chi connectivity index (χ1n) is 11.2. The number of pyridine rings is 1. The number of rotatable bonds is 4. The minimum Gasteiger partial charge on any atom is -0.482 e. The van der Waals surface area contributed by atoms with E-state index in [2.05, 4.69) is 10.3 Å². The maximum absolute atomic E-state index is 14.3. The second-order valence-corrected chi connectivity index (χ2v) is 8.81. The molecule has 5 rings (SSSR count). The van der Waals surface area contributed by atoms with Gasteiger partial charge in [-0.2, -0.15) is 5.10 Å². The third kappa shape index (κ3) is 4.20. The van der Waals surface area contributed by atoms with E-state index < -0.39 is 6.10 Å². The van der Waals surface area contributed by atoms with Crippen molar-refractivity contribution in [1.29, 1.82) is 5.41 Å². The first kappa shape index (κ1) is 21.2. The lowest BCUT2D eigenvalue weighted by Gasteiger charge is -2.23. The van der Waals surface area contributed by atoms with Crippen LogP contribution in [0.15, 0.2) is 42.1 Å². The first-order valence-corrected chi connectivity index (χ1v) is 11.2. The van der Waals surface area contributed by atoms with Gasteiger partial charge in [-0.05, 0) is 68.5 Å². The van der Waals surface area contributed by atoms with Crippen LogP contribution in [0.3, 0.4) is 0 Å². The topological polar surface area (TPSA) is 102 Å². The smallest absolute Gasteiger partial charge is 0.166 e. The lowest BCUT2D eigenvalue weighted by Crippen LogP contribution is -2.20. The summed E-state index contributed by atoms with van der Waals surface area (Å²) in [6.07, 6.45) is 5.48. The largest absolute Gasteiger partial charge is 0.482 e. The number of aromatic nitrogens is 3. The van der Waals surface area contributed by atoms with E-state index in [0.29, 0.717) is 23.7 Å². The number of nitrogen functional groups attached to an aromatic ring is 1. The summed E-state index contributed by atoms with van der Waals surface area (Å²) in [5.74, 6) is 0.975. The summed E-state index contributed by atoms with van der Waals surface area (Å²) in [6.45, 7) is 4.62. The molecule has 1 aromatic carbocycles. The summed E-state index contributed by atoms with van der Waals surface area (Å²) < 4.78 is 22.3. The molecule has 1 atom stereocenters. The summed E-state index contributed by atoms with van der Waals surface area (Å²) in [5.41, 5.74) is 11.7. The Morgan fingerprint density at radius 2 is 2.12 bits per heavy atom. The zero-order valence-corrected chi connectivity index (χ0v) is 18.7. The van der Waals surface area contributed by atoms with Gasteiger partial charge >= 0.3 is 0 Å². The molecule has 0 saturated heterocycles. The number of anilines is 1. The maximum atomic E-state index is 14.3. The summed E-state index contributed by atoms with van der Waals surface area (Å²) >= 11 is 0. The van der Waals surface area contributed by atoms with Gasteiger partial charge in [0.25, 0.3) is 0 Å². The second-order valence-electron chi connectivity index (χ2n) is 8.81. The molecule has 7 nitrogen and oxygen atoms in total. The predicted molar refractivity (Wildman–Crippen MR) is 126 cm³/mol. The lowest BCUT2D eigenvalue weighted by atomic mass is 10.0. The van der Waals surface area contributed by atoms with Crippen molar-refractivity contribution in [1.82, 2.24) is 20.1 Å². The molecule has 170 valence electrons. The number of nitrogens with zero attached hydrogens (tertiary/aromatic N) is 3. The van der Waals surface area contributed by atoms with Gasteiger partial charge in [0.1, 0.15) is 11.9 Å². The van der Waals surface area contributed by atoms with Gasteiger partial charge in [0.2, 0.25) is 0 Å². The van der Waals surface area contributed by atoms with Crippen LogP contribution in [0.2, 0.25) is 0 Å². The van der Waals surface area contributed by atoms with Crippen LogP contribution in [0, 0.1) is 24.1 Å². The number of ether oxygens (including phenoxy) is 1. The zero-order valence-electron chi connectivity index (χ0n) is 18.7. The Balaban J connectivity index is 1.73. The zero-order chi connectivity index (χ0) is 23.1. The van der Waals surface area contributed by atoms with E-state index in [9.17, 15) is 4.39 Å². The summed E-state index contributed by atoms with van der Waals surface area (Å²) in [5, 5.41) is 16.5. The highest BCUT2D eigenvalue weighted by atomic mass is 19.1. The Hall–Kier alpha value is -3.68. The van der Waals surface area contributed by atoms with E-state index in [1.165, 1.54) is 31.2 Å². The van der Waals surface area contributed by atoms with Gasteiger partial charge in [0.05, 0.1) is 11.4 Å². The Labute approximate surface area is 192 Å². The Bertz CT molecular complexity index is 1260. The molecule has 3 heterocycles. The standard InChI is InChI=1S/C25H27FN6O/c1-14-7-20-8-17(11-27)24(29-12-16-3-4-16)18-9-23(25(28)30-13-18)33-15(2)21-10-19(26)5-6-22(21)32(20)31-14/h5-7,9-11,13,15-16,27,29H,3-4,8,12H2,1-2H3,(H2,28,30)/b24-17-,27-11?/t15-/m1/s1. The second kappa shape index (κ2) is 8.35. The molecule has 2 aliphatic rings. The van der Waals surface area contributed by atoms with E-state index >= 15 is 0 Å². The SMILES string of the molecule is Cc1cc2n(n1)-c1ccc(F)cc1[C@@H](C)Oc1cc(cnc1N)/C(NCC1CC1)=C(/C=N)C2. The molecule has 1 aliphatic carbocycles. The van der Waals surface area contributed by atoms with Crippen LogP contribution in [0.4, 0.5) is 10.2 Å². The molecular weight excluding hydrogens is 419 g/mol. The van der Waals surface area contributed by atoms with Crippen LogP contribution >= 0.6 is 0 Å². The highest BCUT2D eigenvalue weighted by Crippen LogP contribution is 2.34. The maximum Gasteiger partial charge on any atom is 0.166 e. The van der Waals surface area contributed by atoms with Gasteiger partial charge in [-0.15, -0.1) is 0 Å². The highest BCUT2D eigenvalue weighted by Gasteiger charge is 2.25. The third-order valence-electron chi connectivity index (χ3n) is 6.17. The van der Waals surface area contributed by atoms with E-state index in [4.69, 9.17) is 21.0 Å². The van der Waals surface area contributed by atoms with Crippen LogP contribution in [0.1, 0.15) is 48.4 Å². The number of aryl methyl sites for hydroxylation is 1. The molecule has 33 heavy (non-hydrogen) atoms. The summed E-state index contributed by atoms with van der Waals surface area (Å²) in [7, 11) is 0. The van der Waals surface area contributed by atoms with Crippen molar-refractivity contribution in [3.63, 3.8) is 0 Å². The fraction of sp³-hybridized carbons (Fsp3) is 0.320. The van der Waals surface area contributed by atoms with E-state index in [0.717, 1.165) is 40.5 Å². The van der Waals surface area contributed by atoms with Gasteiger partial charge in [-0.3, -0.25) is 0 Å². The average molecular weight is 447 g/mol. The van der Waals surface area contributed by atoms with Crippen molar-refractivity contribution in [2.24, 2.45) is 5.92 Å². The van der Waals surface area contributed by atoms with Crippen molar-refractivity contribution in [3.8, 4) is 11.4 Å². The van der Waals surface area contributed by atoms with Crippen molar-refractivity contribution >= 4 is 17.7 Å². The normalized spacial score (nSPS) is 20.0. The number of halogens is 1. The average Bonchev–Trinajstić information content (AvgIpc) is 3.55. The molecule has 0 amide bonds. The fourth-order valence-corrected chi connectivity index (χ4v) is 4.25. The van der Waals surface area contributed by atoms with Crippen LogP contribution in [0.25, 0.3) is 11.4 Å². The monoisotopic (exact) mass is 446 g/mol. The Morgan fingerprint density at radius 3 is 2.88 bits per heavy atom. The molecule has 3 aromatic rings. The van der Waals surface area contributed by atoms with Gasteiger partial charge in [-0.25, -0.2) is 14.1 Å². The molecule has 0 unspecified atom stereocenters. The minimum atomic E-state index is -0.499. The van der Waals surface area contributed by atoms with Crippen LogP contribution < -0.4 is 15.8 Å². The molecule has 8 heteroatoms. The number of allylic oxidation sites excluding steroid dienone is 1. The number of benzene rings is 1. The lowest BCUT2D eigenvalue weighted by molar-refractivity contribution is 0.226. The van der Waals surface area contributed by atoms with Crippen LogP contribution in [-0.4, -0.2) is 27.5 Å².